The van der Waals surface area contributed by atoms with Crippen LogP contribution >= 0.6 is 0 Å². The van der Waals surface area contributed by atoms with E-state index in [1.54, 1.807) is 0 Å². The molecule has 158 valence electrons. The molecule has 1 aliphatic heterocycles. The fraction of sp³-hybridized carbons (Fsp3) is 0.522. The molecule has 1 amide bonds. The van der Waals surface area contributed by atoms with Crippen LogP contribution in [0.3, 0.4) is 0 Å². The number of hydrogen-bond acceptors (Lipinski definition) is 4. The summed E-state index contributed by atoms with van der Waals surface area (Å²) in [6.07, 6.45) is 7.49. The van der Waals surface area contributed by atoms with Gasteiger partial charge in [0.05, 0.1) is 6.61 Å². The second-order valence-corrected chi connectivity index (χ2v) is 8.93. The van der Waals surface area contributed by atoms with E-state index in [1.165, 1.54) is 29.4 Å². The Kier molecular flexibility index (Phi) is 4.85. The summed E-state index contributed by atoms with van der Waals surface area (Å²) in [6.45, 7) is 5.38. The average Bonchev–Trinajstić information content (AvgIpc) is 3.48. The number of benzene rings is 1. The Morgan fingerprint density at radius 1 is 1.33 bits per heavy atom. The smallest absolute Gasteiger partial charge is 0.248 e. The Labute approximate surface area is 176 Å². The maximum Gasteiger partial charge on any atom is 0.248 e. The number of amides is 1. The number of rotatable bonds is 5. The van der Waals surface area contributed by atoms with Crippen molar-refractivity contribution in [2.75, 3.05) is 13.2 Å². The summed E-state index contributed by atoms with van der Waals surface area (Å²) in [5, 5.41) is 13.2. The van der Waals surface area contributed by atoms with Crippen molar-refractivity contribution in [3.8, 4) is 0 Å². The third-order valence-corrected chi connectivity index (χ3v) is 6.68. The molecule has 7 nitrogen and oxygen atoms in total. The molecule has 2 aromatic heterocycles. The molecule has 1 aliphatic carbocycles. The molecule has 0 saturated heterocycles. The number of carbonyl (C=O) groups is 1. The molecule has 2 N–H and O–H groups in total. The molecule has 7 heteroatoms. The maximum absolute atomic E-state index is 13.3. The Morgan fingerprint density at radius 3 is 3.00 bits per heavy atom. The minimum absolute atomic E-state index is 0.0291. The molecule has 1 atom stereocenters. The first-order valence-electron chi connectivity index (χ1n) is 10.9. The average molecular weight is 408 g/mol. The fourth-order valence-electron chi connectivity index (χ4n) is 4.98. The molecule has 5 rings (SSSR count). The normalized spacial score (nSPS) is 21.8. The van der Waals surface area contributed by atoms with Gasteiger partial charge in [0, 0.05) is 29.6 Å². The minimum atomic E-state index is -0.814. The minimum Gasteiger partial charge on any atom is -0.370 e. The van der Waals surface area contributed by atoms with E-state index >= 15 is 0 Å². The number of carbonyl (C=O) groups excluding carboxylic acids is 1. The second kappa shape index (κ2) is 7.54. The number of aromatic amines is 1. The third kappa shape index (κ3) is 3.21. The van der Waals surface area contributed by atoms with Crippen LogP contribution in [-0.4, -0.2) is 38.8 Å². The standard InChI is InChI=1S/C23H29N5O2/c1-15-7-8-19-18(11-15)17(12-25-19)9-10-24-22(29)23(2)14-30-13-20-26-27-21(28(20)23)16-5-3-4-6-16/h7-8,11-12,16,25H,3-6,9-10,13-14H2,1-2H3,(H,24,29). The largest absolute Gasteiger partial charge is 0.370 e. The van der Waals surface area contributed by atoms with E-state index in [2.05, 4.69) is 50.2 Å². The van der Waals surface area contributed by atoms with Gasteiger partial charge in [-0.3, -0.25) is 9.36 Å². The SMILES string of the molecule is Cc1ccc2[nH]cc(CCNC(=O)C3(C)COCc4nnc(C5CCCC5)n43)c2c1. The Bertz CT molecular complexity index is 1080. The van der Waals surface area contributed by atoms with Crippen molar-refractivity contribution in [1.82, 2.24) is 25.1 Å². The van der Waals surface area contributed by atoms with Gasteiger partial charge in [-0.2, -0.15) is 0 Å². The van der Waals surface area contributed by atoms with Crippen molar-refractivity contribution in [3.05, 3.63) is 47.2 Å². The van der Waals surface area contributed by atoms with Crippen molar-refractivity contribution >= 4 is 16.8 Å². The van der Waals surface area contributed by atoms with Crippen molar-refractivity contribution in [2.45, 2.75) is 64.0 Å². The van der Waals surface area contributed by atoms with Gasteiger partial charge in [0.2, 0.25) is 5.91 Å². The lowest BCUT2D eigenvalue weighted by atomic mass is 9.97. The molecule has 0 bridgehead atoms. The first kappa shape index (κ1) is 19.3. The van der Waals surface area contributed by atoms with Crippen LogP contribution < -0.4 is 5.32 Å². The number of aryl methyl sites for hydroxylation is 1. The number of ether oxygens (including phenoxy) is 1. The van der Waals surface area contributed by atoms with Crippen LogP contribution in [0.1, 0.15) is 61.3 Å². The third-order valence-electron chi connectivity index (χ3n) is 6.68. The van der Waals surface area contributed by atoms with Crippen molar-refractivity contribution in [3.63, 3.8) is 0 Å². The zero-order valence-corrected chi connectivity index (χ0v) is 17.7. The molecule has 0 radical (unpaired) electrons. The predicted octanol–water partition coefficient (Wildman–Crippen LogP) is 3.33. The van der Waals surface area contributed by atoms with Crippen LogP contribution in [0.5, 0.6) is 0 Å². The lowest BCUT2D eigenvalue weighted by Gasteiger charge is -2.36. The van der Waals surface area contributed by atoms with E-state index in [9.17, 15) is 4.79 Å². The first-order valence-corrected chi connectivity index (χ1v) is 10.9. The van der Waals surface area contributed by atoms with Gasteiger partial charge in [0.15, 0.2) is 5.82 Å². The lowest BCUT2D eigenvalue weighted by molar-refractivity contribution is -0.135. The summed E-state index contributed by atoms with van der Waals surface area (Å²) in [7, 11) is 0. The summed E-state index contributed by atoms with van der Waals surface area (Å²) in [5.41, 5.74) is 2.77. The van der Waals surface area contributed by atoms with Gasteiger partial charge in [-0.1, -0.05) is 24.5 Å². The molecular formula is C23H29N5O2. The molecule has 2 aliphatic rings. The predicted molar refractivity (Wildman–Crippen MR) is 114 cm³/mol. The lowest BCUT2D eigenvalue weighted by Crippen LogP contribution is -2.53. The summed E-state index contributed by atoms with van der Waals surface area (Å²) >= 11 is 0. The highest BCUT2D eigenvalue weighted by molar-refractivity contribution is 5.85. The monoisotopic (exact) mass is 407 g/mol. The van der Waals surface area contributed by atoms with Crippen LogP contribution in [0.2, 0.25) is 0 Å². The highest BCUT2D eigenvalue weighted by Crippen LogP contribution is 2.37. The highest BCUT2D eigenvalue weighted by Gasteiger charge is 2.43. The van der Waals surface area contributed by atoms with Gasteiger partial charge in [-0.15, -0.1) is 10.2 Å². The van der Waals surface area contributed by atoms with Crippen molar-refractivity contribution in [2.24, 2.45) is 0 Å². The Balaban J connectivity index is 1.33. The fourth-order valence-corrected chi connectivity index (χ4v) is 4.98. The molecule has 1 aromatic carbocycles. The zero-order valence-electron chi connectivity index (χ0n) is 17.7. The van der Waals surface area contributed by atoms with Gasteiger partial charge in [-0.25, -0.2) is 0 Å². The number of H-pyrrole nitrogens is 1. The first-order chi connectivity index (χ1) is 14.6. The number of fused-ring (bicyclic) bond motifs is 2. The van der Waals surface area contributed by atoms with Gasteiger partial charge in [0.1, 0.15) is 18.0 Å². The van der Waals surface area contributed by atoms with Crippen molar-refractivity contribution < 1.29 is 9.53 Å². The van der Waals surface area contributed by atoms with Gasteiger partial charge >= 0.3 is 0 Å². The molecule has 1 unspecified atom stereocenters. The topological polar surface area (TPSA) is 84.8 Å². The molecule has 30 heavy (non-hydrogen) atoms. The van der Waals surface area contributed by atoms with Crippen LogP contribution in [0.4, 0.5) is 0 Å². The van der Waals surface area contributed by atoms with E-state index in [-0.39, 0.29) is 5.91 Å². The molecule has 0 spiro atoms. The van der Waals surface area contributed by atoms with Crippen molar-refractivity contribution in [1.29, 1.82) is 0 Å². The molecule has 1 fully saturated rings. The summed E-state index contributed by atoms with van der Waals surface area (Å²) in [6, 6.07) is 6.40. The molecule has 3 aromatic rings. The Hall–Kier alpha value is -2.67. The van der Waals surface area contributed by atoms with Gasteiger partial charge in [0.25, 0.3) is 0 Å². The van der Waals surface area contributed by atoms with E-state index in [4.69, 9.17) is 4.74 Å². The summed E-state index contributed by atoms with van der Waals surface area (Å²) < 4.78 is 7.81. The number of nitrogens with zero attached hydrogens (tertiary/aromatic N) is 3. The molecular weight excluding hydrogens is 378 g/mol. The van der Waals surface area contributed by atoms with Crippen LogP contribution in [-0.2, 0) is 28.1 Å². The Morgan fingerprint density at radius 2 is 2.17 bits per heavy atom. The van der Waals surface area contributed by atoms with E-state index in [0.717, 1.165) is 36.4 Å². The van der Waals surface area contributed by atoms with E-state index in [0.29, 0.717) is 25.7 Å². The van der Waals surface area contributed by atoms with Crippen LogP contribution in [0.15, 0.2) is 24.4 Å². The summed E-state index contributed by atoms with van der Waals surface area (Å²) in [5.74, 6) is 2.08. The maximum atomic E-state index is 13.3. The number of aromatic nitrogens is 4. The number of hydrogen-bond donors (Lipinski definition) is 2. The van der Waals surface area contributed by atoms with Gasteiger partial charge in [-0.05, 0) is 50.8 Å². The van der Waals surface area contributed by atoms with Gasteiger partial charge < -0.3 is 15.0 Å². The van der Waals surface area contributed by atoms with Crippen LogP contribution in [0.25, 0.3) is 10.9 Å². The second-order valence-electron chi connectivity index (χ2n) is 8.93. The zero-order chi connectivity index (χ0) is 20.7. The quantitative estimate of drug-likeness (QED) is 0.679. The highest BCUT2D eigenvalue weighted by atomic mass is 16.5. The molecule has 1 saturated carbocycles. The van der Waals surface area contributed by atoms with E-state index in [1.807, 2.05) is 13.1 Å². The van der Waals surface area contributed by atoms with Crippen LogP contribution in [0, 0.1) is 6.92 Å². The molecule has 3 heterocycles. The number of nitrogens with one attached hydrogen (secondary N) is 2. The van der Waals surface area contributed by atoms with E-state index < -0.39 is 5.54 Å². The summed E-state index contributed by atoms with van der Waals surface area (Å²) in [4.78, 5) is 16.6.